The zero-order valence-corrected chi connectivity index (χ0v) is 11.3. The molecular formula is C12H17F3N4O. The average molecular weight is 290 g/mol. The molecule has 0 unspecified atom stereocenters. The second kappa shape index (κ2) is 5.28. The van der Waals surface area contributed by atoms with Crippen LogP contribution in [-0.4, -0.2) is 48.1 Å². The number of ether oxygens (including phenoxy) is 1. The maximum Gasteiger partial charge on any atom is 0.422 e. The highest BCUT2D eigenvalue weighted by molar-refractivity contribution is 5.84. The van der Waals surface area contributed by atoms with Crippen LogP contribution in [0.1, 0.15) is 0 Å². The summed E-state index contributed by atoms with van der Waals surface area (Å²) in [5.41, 5.74) is 7.43. The quantitative estimate of drug-likeness (QED) is 0.829. The molecule has 0 amide bonds. The van der Waals surface area contributed by atoms with Crippen molar-refractivity contribution in [2.24, 2.45) is 0 Å². The molecule has 5 nitrogen and oxygen atoms in total. The summed E-state index contributed by atoms with van der Waals surface area (Å²) in [6.45, 7) is 0.180. The van der Waals surface area contributed by atoms with Gasteiger partial charge in [-0.15, -0.1) is 0 Å². The molecule has 2 aromatic rings. The lowest BCUT2D eigenvalue weighted by Gasteiger charge is -2.20. The molecule has 0 aliphatic heterocycles. The zero-order chi connectivity index (χ0) is 14.9. The van der Waals surface area contributed by atoms with Crippen molar-refractivity contribution < 1.29 is 17.9 Å². The van der Waals surface area contributed by atoms with E-state index >= 15 is 0 Å². The van der Waals surface area contributed by atoms with Gasteiger partial charge >= 0.3 is 6.18 Å². The number of halogens is 3. The number of benzene rings is 1. The Bertz CT molecular complexity index is 585. The van der Waals surface area contributed by atoms with Crippen molar-refractivity contribution >= 4 is 16.7 Å². The number of nitrogens with zero attached hydrogens (tertiary/aromatic N) is 2. The number of aromatic nitrogens is 2. The predicted octanol–water partition coefficient (Wildman–Crippen LogP) is 2.05. The highest BCUT2D eigenvalue weighted by Gasteiger charge is 2.29. The molecule has 0 aliphatic rings. The monoisotopic (exact) mass is 290 g/mol. The molecule has 20 heavy (non-hydrogen) atoms. The van der Waals surface area contributed by atoms with E-state index in [9.17, 15) is 13.2 Å². The van der Waals surface area contributed by atoms with E-state index < -0.39 is 12.8 Å². The van der Waals surface area contributed by atoms with Gasteiger partial charge < -0.3 is 15.4 Å². The number of likely N-dealkylation sites (N-methyl/N-ethyl adjacent to an activating group) is 1. The van der Waals surface area contributed by atoms with Crippen LogP contribution in [0.3, 0.4) is 0 Å². The van der Waals surface area contributed by atoms with Crippen LogP contribution >= 0.6 is 0 Å². The fourth-order valence-electron chi connectivity index (χ4n) is 1.81. The van der Waals surface area contributed by atoms with Gasteiger partial charge in [0.2, 0.25) is 0 Å². The number of anilines is 1. The van der Waals surface area contributed by atoms with Crippen LogP contribution in [0.15, 0.2) is 12.1 Å². The van der Waals surface area contributed by atoms with Crippen LogP contribution in [0.2, 0.25) is 0 Å². The summed E-state index contributed by atoms with van der Waals surface area (Å²) in [6, 6.07) is 3.11. The lowest BCUT2D eigenvalue weighted by molar-refractivity contribution is -0.153. The molecule has 0 fully saturated rings. The molecule has 8 heteroatoms. The third-order valence-electron chi connectivity index (χ3n) is 2.84. The molecule has 1 aromatic heterocycles. The Morgan fingerprint density at radius 3 is 2.65 bits per heavy atom. The number of nitrogen functional groups attached to an aromatic ring is 1. The van der Waals surface area contributed by atoms with Gasteiger partial charge in [-0.25, -0.2) is 0 Å². The standard InChI is InChI=1S/C12H17F3N4O/c1-18(2)3-4-19-10-6-11(20-7-12(13,14)15)8(16)5-9(10)17-19/h5-6,17H,3-4,7,16H2,1-2H3. The highest BCUT2D eigenvalue weighted by atomic mass is 19.4. The number of hydrogen-bond donors (Lipinski definition) is 2. The maximum atomic E-state index is 12.2. The van der Waals surface area contributed by atoms with Gasteiger partial charge in [0.25, 0.3) is 0 Å². The van der Waals surface area contributed by atoms with E-state index in [2.05, 4.69) is 5.10 Å². The minimum absolute atomic E-state index is 0.0532. The van der Waals surface area contributed by atoms with E-state index in [1.54, 1.807) is 6.07 Å². The van der Waals surface area contributed by atoms with E-state index in [0.717, 1.165) is 17.6 Å². The Morgan fingerprint density at radius 1 is 1.35 bits per heavy atom. The first-order chi connectivity index (χ1) is 9.26. The SMILES string of the molecule is CN(C)CCn1[nH]c2cc(N)c(OCC(F)(F)F)cc21. The van der Waals surface area contributed by atoms with Crippen molar-refractivity contribution in [1.82, 2.24) is 14.7 Å². The Morgan fingerprint density at radius 2 is 2.05 bits per heavy atom. The number of H-pyrrole nitrogens is 1. The second-order valence-electron chi connectivity index (χ2n) is 4.88. The summed E-state index contributed by atoms with van der Waals surface area (Å²) in [7, 11) is 3.89. The summed E-state index contributed by atoms with van der Waals surface area (Å²) < 4.78 is 43.0. The molecule has 1 aromatic carbocycles. The van der Waals surface area contributed by atoms with Crippen molar-refractivity contribution in [2.45, 2.75) is 12.7 Å². The van der Waals surface area contributed by atoms with E-state index in [1.165, 1.54) is 6.07 Å². The van der Waals surface area contributed by atoms with Crippen LogP contribution in [0.4, 0.5) is 18.9 Å². The largest absolute Gasteiger partial charge is 0.482 e. The van der Waals surface area contributed by atoms with Gasteiger partial charge in [0.05, 0.1) is 23.3 Å². The minimum atomic E-state index is -4.38. The lowest BCUT2D eigenvalue weighted by atomic mass is 10.2. The van der Waals surface area contributed by atoms with Crippen LogP contribution < -0.4 is 10.5 Å². The Hall–Kier alpha value is -1.83. The van der Waals surface area contributed by atoms with Crippen LogP contribution in [0.5, 0.6) is 5.75 Å². The van der Waals surface area contributed by atoms with Crippen molar-refractivity contribution in [3.05, 3.63) is 12.1 Å². The minimum Gasteiger partial charge on any atom is -0.482 e. The number of fused-ring (bicyclic) bond motifs is 1. The molecule has 0 atom stereocenters. The Kier molecular flexibility index (Phi) is 3.85. The van der Waals surface area contributed by atoms with Gasteiger partial charge in [-0.05, 0) is 20.2 Å². The van der Waals surface area contributed by atoms with E-state index in [-0.39, 0.29) is 11.4 Å². The summed E-state index contributed by atoms with van der Waals surface area (Å²) in [6.07, 6.45) is -4.38. The molecule has 0 radical (unpaired) electrons. The zero-order valence-electron chi connectivity index (χ0n) is 11.3. The normalized spacial score (nSPS) is 12.5. The molecule has 112 valence electrons. The number of rotatable bonds is 5. The topological polar surface area (TPSA) is 59.2 Å². The molecule has 0 spiro atoms. The fourth-order valence-corrected chi connectivity index (χ4v) is 1.81. The van der Waals surface area contributed by atoms with Gasteiger partial charge in [-0.3, -0.25) is 9.78 Å². The van der Waals surface area contributed by atoms with Gasteiger partial charge in [0.15, 0.2) is 6.61 Å². The van der Waals surface area contributed by atoms with E-state index in [4.69, 9.17) is 10.5 Å². The molecule has 1 heterocycles. The van der Waals surface area contributed by atoms with Gasteiger partial charge in [0.1, 0.15) is 5.75 Å². The first kappa shape index (κ1) is 14.6. The third kappa shape index (κ3) is 3.38. The first-order valence-corrected chi connectivity index (χ1v) is 6.08. The summed E-state index contributed by atoms with van der Waals surface area (Å²) in [4.78, 5) is 2.01. The second-order valence-corrected chi connectivity index (χ2v) is 4.88. The average Bonchev–Trinajstić information content (AvgIpc) is 2.29. The number of nitrogens with one attached hydrogen (secondary N) is 1. The summed E-state index contributed by atoms with van der Waals surface area (Å²) >= 11 is 0. The molecule has 2 rings (SSSR count). The summed E-state index contributed by atoms with van der Waals surface area (Å²) in [5, 5.41) is 3.07. The molecule has 0 saturated carbocycles. The Labute approximate surface area is 114 Å². The maximum absolute atomic E-state index is 12.2. The van der Waals surface area contributed by atoms with Crippen molar-refractivity contribution in [2.75, 3.05) is 33.0 Å². The van der Waals surface area contributed by atoms with E-state index in [0.29, 0.717) is 6.54 Å². The molecule has 0 aliphatic carbocycles. The van der Waals surface area contributed by atoms with Crippen LogP contribution in [-0.2, 0) is 6.54 Å². The van der Waals surface area contributed by atoms with Crippen molar-refractivity contribution in [3.8, 4) is 5.75 Å². The van der Waals surface area contributed by atoms with Crippen molar-refractivity contribution in [1.29, 1.82) is 0 Å². The number of aromatic amines is 1. The number of hydrogen-bond acceptors (Lipinski definition) is 3. The van der Waals surface area contributed by atoms with E-state index in [1.807, 2.05) is 23.7 Å². The lowest BCUT2D eigenvalue weighted by Crippen LogP contribution is -2.23. The fraction of sp³-hybridized carbons (Fsp3) is 0.500. The molecular weight excluding hydrogens is 273 g/mol. The highest BCUT2D eigenvalue weighted by Crippen LogP contribution is 2.30. The Balaban J connectivity index is 2.14. The smallest absolute Gasteiger partial charge is 0.422 e. The predicted molar refractivity (Wildman–Crippen MR) is 70.8 cm³/mol. The third-order valence-corrected chi connectivity index (χ3v) is 2.84. The van der Waals surface area contributed by atoms with Crippen molar-refractivity contribution in [3.63, 3.8) is 0 Å². The molecule has 0 saturated heterocycles. The number of alkyl halides is 3. The first-order valence-electron chi connectivity index (χ1n) is 6.08. The van der Waals surface area contributed by atoms with Gasteiger partial charge in [0, 0.05) is 12.6 Å². The molecule has 3 N–H and O–H groups in total. The summed E-state index contributed by atoms with van der Waals surface area (Å²) in [5.74, 6) is 0.0532. The van der Waals surface area contributed by atoms with Gasteiger partial charge in [-0.2, -0.15) is 13.2 Å². The number of nitrogens with two attached hydrogens (primary N) is 1. The molecule has 0 bridgehead atoms. The van der Waals surface area contributed by atoms with Crippen LogP contribution in [0.25, 0.3) is 11.0 Å². The van der Waals surface area contributed by atoms with Gasteiger partial charge in [-0.1, -0.05) is 0 Å². The van der Waals surface area contributed by atoms with Crippen LogP contribution in [0, 0.1) is 0 Å².